The highest BCUT2D eigenvalue weighted by Gasteiger charge is 2.15. The maximum atomic E-state index is 12.5. The Morgan fingerprint density at radius 2 is 2.00 bits per heavy atom. The Hall–Kier alpha value is -2.62. The second kappa shape index (κ2) is 4.81. The van der Waals surface area contributed by atoms with Gasteiger partial charge in [0.2, 0.25) is 0 Å². The van der Waals surface area contributed by atoms with Crippen molar-refractivity contribution in [2.45, 2.75) is 6.92 Å². The third kappa shape index (κ3) is 2.05. The lowest BCUT2D eigenvalue weighted by atomic mass is 10.1. The summed E-state index contributed by atoms with van der Waals surface area (Å²) in [5.74, 6) is -0.0121. The zero-order chi connectivity index (χ0) is 14.1. The molecule has 3 rings (SSSR count). The Bertz CT molecular complexity index is 776. The minimum Gasteiger partial charge on any atom is -0.345 e. The monoisotopic (exact) mass is 265 g/mol. The summed E-state index contributed by atoms with van der Waals surface area (Å²) in [5, 5.41) is 0. The van der Waals surface area contributed by atoms with E-state index < -0.39 is 0 Å². The molecule has 1 heterocycles. The number of hydrogen-bond acceptors (Lipinski definition) is 2. The molecule has 2 aromatic carbocycles. The summed E-state index contributed by atoms with van der Waals surface area (Å²) < 4.78 is 0. The molecule has 0 aliphatic rings. The van der Waals surface area contributed by atoms with E-state index in [-0.39, 0.29) is 5.91 Å². The van der Waals surface area contributed by atoms with E-state index in [4.69, 9.17) is 0 Å². The zero-order valence-corrected chi connectivity index (χ0v) is 11.4. The van der Waals surface area contributed by atoms with Crippen molar-refractivity contribution < 1.29 is 4.79 Å². The second-order valence-corrected chi connectivity index (χ2v) is 4.78. The number of benzene rings is 2. The smallest absolute Gasteiger partial charge is 0.258 e. The maximum Gasteiger partial charge on any atom is 0.258 e. The Kier molecular flexibility index (Phi) is 2.99. The van der Waals surface area contributed by atoms with E-state index in [1.54, 1.807) is 18.3 Å². The average Bonchev–Trinajstić information content (AvgIpc) is 2.93. The maximum absolute atomic E-state index is 12.5. The molecular formula is C16H15N3O. The molecule has 4 heteroatoms. The van der Waals surface area contributed by atoms with E-state index in [9.17, 15) is 4.79 Å². The van der Waals surface area contributed by atoms with Gasteiger partial charge in [-0.05, 0) is 36.8 Å². The van der Waals surface area contributed by atoms with Crippen molar-refractivity contribution in [2.24, 2.45) is 0 Å². The second-order valence-electron chi connectivity index (χ2n) is 4.78. The van der Waals surface area contributed by atoms with Crippen molar-refractivity contribution in [2.75, 3.05) is 11.9 Å². The van der Waals surface area contributed by atoms with Gasteiger partial charge in [0.1, 0.15) is 0 Å². The van der Waals surface area contributed by atoms with Crippen molar-refractivity contribution in [1.29, 1.82) is 0 Å². The predicted molar refractivity (Wildman–Crippen MR) is 80.0 cm³/mol. The zero-order valence-electron chi connectivity index (χ0n) is 11.4. The summed E-state index contributed by atoms with van der Waals surface area (Å²) >= 11 is 0. The van der Waals surface area contributed by atoms with Crippen LogP contribution in [0.5, 0.6) is 0 Å². The van der Waals surface area contributed by atoms with Gasteiger partial charge in [0.15, 0.2) is 0 Å². The van der Waals surface area contributed by atoms with Gasteiger partial charge in [0, 0.05) is 18.3 Å². The Labute approximate surface area is 117 Å². The highest BCUT2D eigenvalue weighted by Crippen LogP contribution is 2.21. The molecule has 0 saturated carbocycles. The van der Waals surface area contributed by atoms with E-state index in [0.717, 1.165) is 27.8 Å². The van der Waals surface area contributed by atoms with Crippen molar-refractivity contribution in [3.8, 4) is 0 Å². The number of imidazole rings is 1. The van der Waals surface area contributed by atoms with Crippen LogP contribution in [0.3, 0.4) is 0 Å². The van der Waals surface area contributed by atoms with Crippen LogP contribution in [-0.4, -0.2) is 22.9 Å². The van der Waals surface area contributed by atoms with Crippen LogP contribution in [0.25, 0.3) is 11.0 Å². The van der Waals surface area contributed by atoms with E-state index in [0.29, 0.717) is 0 Å². The molecule has 0 bridgehead atoms. The number of aryl methyl sites for hydroxylation is 1. The minimum absolute atomic E-state index is 0.0121. The van der Waals surface area contributed by atoms with Crippen LogP contribution >= 0.6 is 0 Å². The number of H-pyrrole nitrogens is 1. The molecule has 0 aliphatic heterocycles. The van der Waals surface area contributed by atoms with E-state index in [1.807, 2.05) is 49.4 Å². The molecule has 0 radical (unpaired) electrons. The number of nitrogens with one attached hydrogen (secondary N) is 1. The largest absolute Gasteiger partial charge is 0.345 e. The first-order valence-corrected chi connectivity index (χ1v) is 6.43. The van der Waals surface area contributed by atoms with E-state index in [1.165, 1.54) is 0 Å². The third-order valence-electron chi connectivity index (χ3n) is 3.47. The average molecular weight is 265 g/mol. The number of carbonyl (C=O) groups is 1. The van der Waals surface area contributed by atoms with Gasteiger partial charge >= 0.3 is 0 Å². The fourth-order valence-electron chi connectivity index (χ4n) is 2.24. The van der Waals surface area contributed by atoms with Crippen molar-refractivity contribution in [3.63, 3.8) is 0 Å². The molecule has 20 heavy (non-hydrogen) atoms. The number of hydrogen-bond donors (Lipinski definition) is 1. The number of amides is 1. The topological polar surface area (TPSA) is 49.0 Å². The lowest BCUT2D eigenvalue weighted by Gasteiger charge is -2.18. The minimum atomic E-state index is -0.0121. The molecule has 0 saturated heterocycles. The molecule has 0 atom stereocenters. The first-order chi connectivity index (χ1) is 9.66. The van der Waals surface area contributed by atoms with Crippen molar-refractivity contribution in [3.05, 3.63) is 59.9 Å². The molecule has 1 amide bonds. The van der Waals surface area contributed by atoms with Crippen LogP contribution in [0.2, 0.25) is 0 Å². The lowest BCUT2D eigenvalue weighted by molar-refractivity contribution is 0.0992. The summed E-state index contributed by atoms with van der Waals surface area (Å²) in [7, 11) is 1.78. The molecule has 1 aromatic heterocycles. The molecule has 100 valence electrons. The van der Waals surface area contributed by atoms with Crippen LogP contribution < -0.4 is 4.90 Å². The first-order valence-electron chi connectivity index (χ1n) is 6.43. The lowest BCUT2D eigenvalue weighted by Crippen LogP contribution is -2.26. The van der Waals surface area contributed by atoms with Gasteiger partial charge in [0.25, 0.3) is 5.91 Å². The first kappa shape index (κ1) is 12.4. The summed E-state index contributed by atoms with van der Waals surface area (Å²) in [5.41, 5.74) is 4.36. The van der Waals surface area contributed by atoms with Crippen LogP contribution in [-0.2, 0) is 0 Å². The quantitative estimate of drug-likeness (QED) is 0.773. The van der Waals surface area contributed by atoms with Gasteiger partial charge in [-0.1, -0.05) is 18.2 Å². The highest BCUT2D eigenvalue weighted by molar-refractivity contribution is 6.07. The third-order valence-corrected chi connectivity index (χ3v) is 3.47. The van der Waals surface area contributed by atoms with Crippen LogP contribution in [0.4, 0.5) is 5.69 Å². The summed E-state index contributed by atoms with van der Waals surface area (Å²) in [6, 6.07) is 13.3. The highest BCUT2D eigenvalue weighted by atomic mass is 16.2. The number of anilines is 1. The van der Waals surface area contributed by atoms with Crippen LogP contribution in [0.15, 0.2) is 48.8 Å². The standard InChI is InChI=1S/C16H15N3O/c1-11-5-3-4-6-13(11)16(20)19(2)12-7-8-14-15(9-12)18-10-17-14/h3-10H,1-2H3,(H,17,18). The van der Waals surface area contributed by atoms with Gasteiger partial charge in [-0.15, -0.1) is 0 Å². The number of fused-ring (bicyclic) bond motifs is 1. The Balaban J connectivity index is 1.97. The van der Waals surface area contributed by atoms with Gasteiger partial charge in [-0.2, -0.15) is 0 Å². The summed E-state index contributed by atoms with van der Waals surface area (Å²) in [6.07, 6.45) is 1.65. The predicted octanol–water partition coefficient (Wildman–Crippen LogP) is 3.15. The molecular weight excluding hydrogens is 250 g/mol. The van der Waals surface area contributed by atoms with Crippen molar-refractivity contribution >= 4 is 22.6 Å². The normalized spacial score (nSPS) is 10.7. The summed E-state index contributed by atoms with van der Waals surface area (Å²) in [6.45, 7) is 1.94. The Morgan fingerprint density at radius 1 is 1.20 bits per heavy atom. The fourth-order valence-corrected chi connectivity index (χ4v) is 2.24. The van der Waals surface area contributed by atoms with Crippen LogP contribution in [0, 0.1) is 6.92 Å². The van der Waals surface area contributed by atoms with E-state index >= 15 is 0 Å². The molecule has 0 spiro atoms. The number of aromatic nitrogens is 2. The molecule has 0 aliphatic carbocycles. The van der Waals surface area contributed by atoms with Gasteiger partial charge in [-0.3, -0.25) is 4.79 Å². The van der Waals surface area contributed by atoms with Crippen molar-refractivity contribution in [1.82, 2.24) is 9.97 Å². The van der Waals surface area contributed by atoms with Gasteiger partial charge < -0.3 is 9.88 Å². The van der Waals surface area contributed by atoms with Gasteiger partial charge in [0.05, 0.1) is 17.4 Å². The SMILES string of the molecule is Cc1ccccc1C(=O)N(C)c1ccc2nc[nH]c2c1. The molecule has 1 N–H and O–H groups in total. The van der Waals surface area contributed by atoms with Crippen LogP contribution in [0.1, 0.15) is 15.9 Å². The number of nitrogens with zero attached hydrogens (tertiary/aromatic N) is 2. The Morgan fingerprint density at radius 3 is 2.80 bits per heavy atom. The van der Waals surface area contributed by atoms with Gasteiger partial charge in [-0.25, -0.2) is 4.98 Å². The molecule has 0 fully saturated rings. The molecule has 3 aromatic rings. The summed E-state index contributed by atoms with van der Waals surface area (Å²) in [4.78, 5) is 21.4. The number of carbonyl (C=O) groups excluding carboxylic acids is 1. The fraction of sp³-hybridized carbons (Fsp3) is 0.125. The molecule has 0 unspecified atom stereocenters. The molecule has 4 nitrogen and oxygen atoms in total. The number of aromatic amines is 1. The van der Waals surface area contributed by atoms with E-state index in [2.05, 4.69) is 9.97 Å². The number of rotatable bonds is 2.